The van der Waals surface area contributed by atoms with Crippen molar-refractivity contribution >= 4 is 11.6 Å². The fourth-order valence-electron chi connectivity index (χ4n) is 2.38. The summed E-state index contributed by atoms with van der Waals surface area (Å²) in [5, 5.41) is 5.95. The van der Waals surface area contributed by atoms with Crippen LogP contribution in [0, 0.1) is 19.7 Å². The van der Waals surface area contributed by atoms with Gasteiger partial charge < -0.3 is 10.6 Å². The van der Waals surface area contributed by atoms with Gasteiger partial charge >= 0.3 is 0 Å². The third-order valence-corrected chi connectivity index (χ3v) is 3.69. The Bertz CT molecular complexity index is 650. The van der Waals surface area contributed by atoms with E-state index in [-0.39, 0.29) is 24.3 Å². The zero-order valence-corrected chi connectivity index (χ0v) is 13.1. The summed E-state index contributed by atoms with van der Waals surface area (Å²) in [4.78, 5) is 12.1. The van der Waals surface area contributed by atoms with Crippen LogP contribution in [0.3, 0.4) is 0 Å². The number of carbonyl (C=O) groups is 1. The zero-order chi connectivity index (χ0) is 16.1. The van der Waals surface area contributed by atoms with Crippen molar-refractivity contribution in [2.75, 3.05) is 11.9 Å². The van der Waals surface area contributed by atoms with Gasteiger partial charge in [0.2, 0.25) is 5.91 Å². The molecule has 1 amide bonds. The first-order valence-corrected chi connectivity index (χ1v) is 7.33. The first kappa shape index (κ1) is 16.2. The maximum absolute atomic E-state index is 13.7. The smallest absolute Gasteiger partial charge is 0.238 e. The number of hydrogen-bond donors (Lipinski definition) is 2. The minimum absolute atomic E-state index is 0.128. The average Bonchev–Trinajstić information content (AvgIpc) is 2.49. The van der Waals surface area contributed by atoms with Crippen LogP contribution in [0.25, 0.3) is 0 Å². The molecule has 0 heterocycles. The van der Waals surface area contributed by atoms with Gasteiger partial charge in [0, 0.05) is 17.3 Å². The lowest BCUT2D eigenvalue weighted by Gasteiger charge is -2.16. The first-order valence-electron chi connectivity index (χ1n) is 7.33. The largest absolute Gasteiger partial charge is 0.324 e. The molecule has 1 atom stereocenters. The number of aryl methyl sites for hydroxylation is 2. The number of hydrogen-bond acceptors (Lipinski definition) is 2. The van der Waals surface area contributed by atoms with Crippen LogP contribution in [-0.2, 0) is 4.79 Å². The first-order chi connectivity index (χ1) is 10.5. The summed E-state index contributed by atoms with van der Waals surface area (Å²) >= 11 is 0. The van der Waals surface area contributed by atoms with Gasteiger partial charge in [-0.3, -0.25) is 4.79 Å². The van der Waals surface area contributed by atoms with E-state index in [1.165, 1.54) is 6.07 Å². The standard InChI is InChI=1S/C18H21FN2O/c1-12-7-6-8-13(2)18(12)21-17(22)11-20-14(3)15-9-4-5-10-16(15)19/h4-10,14,20H,11H2,1-3H3,(H,21,22). The Hall–Kier alpha value is -2.20. The molecule has 4 heteroatoms. The van der Waals surface area contributed by atoms with Crippen molar-refractivity contribution in [2.24, 2.45) is 0 Å². The molecule has 0 saturated heterocycles. The van der Waals surface area contributed by atoms with Crippen molar-refractivity contribution in [1.82, 2.24) is 5.32 Å². The maximum atomic E-state index is 13.7. The molecule has 0 saturated carbocycles. The predicted molar refractivity (Wildman–Crippen MR) is 87.4 cm³/mol. The van der Waals surface area contributed by atoms with Crippen LogP contribution in [0.5, 0.6) is 0 Å². The van der Waals surface area contributed by atoms with Crippen molar-refractivity contribution in [3.05, 3.63) is 65.0 Å². The van der Waals surface area contributed by atoms with Gasteiger partial charge in [0.15, 0.2) is 0 Å². The lowest BCUT2D eigenvalue weighted by atomic mass is 10.1. The van der Waals surface area contributed by atoms with E-state index >= 15 is 0 Å². The number of carbonyl (C=O) groups excluding carboxylic acids is 1. The van der Waals surface area contributed by atoms with E-state index < -0.39 is 0 Å². The van der Waals surface area contributed by atoms with Crippen LogP contribution in [-0.4, -0.2) is 12.5 Å². The summed E-state index contributed by atoms with van der Waals surface area (Å²) in [5.74, 6) is -0.404. The molecule has 3 nitrogen and oxygen atoms in total. The Kier molecular flexibility index (Phi) is 5.28. The zero-order valence-electron chi connectivity index (χ0n) is 13.1. The van der Waals surface area contributed by atoms with Crippen molar-refractivity contribution < 1.29 is 9.18 Å². The summed E-state index contributed by atoms with van der Waals surface area (Å²) in [7, 11) is 0. The SMILES string of the molecule is Cc1cccc(C)c1NC(=O)CNC(C)c1ccccc1F. The number of para-hydroxylation sites is 1. The van der Waals surface area contributed by atoms with E-state index in [4.69, 9.17) is 0 Å². The summed E-state index contributed by atoms with van der Waals surface area (Å²) in [6, 6.07) is 12.2. The Morgan fingerprint density at radius 1 is 1.09 bits per heavy atom. The fraction of sp³-hybridized carbons (Fsp3) is 0.278. The Labute approximate surface area is 130 Å². The molecular weight excluding hydrogens is 279 g/mol. The van der Waals surface area contributed by atoms with E-state index in [2.05, 4.69) is 10.6 Å². The van der Waals surface area contributed by atoms with Crippen LogP contribution >= 0.6 is 0 Å². The van der Waals surface area contributed by atoms with Gasteiger partial charge in [-0.2, -0.15) is 0 Å². The second-order valence-electron chi connectivity index (χ2n) is 5.44. The topological polar surface area (TPSA) is 41.1 Å². The molecule has 0 radical (unpaired) electrons. The lowest BCUT2D eigenvalue weighted by molar-refractivity contribution is -0.115. The summed E-state index contributed by atoms with van der Waals surface area (Å²) in [6.45, 7) is 5.88. The van der Waals surface area contributed by atoms with E-state index in [1.54, 1.807) is 18.2 Å². The molecule has 1 unspecified atom stereocenters. The summed E-state index contributed by atoms with van der Waals surface area (Å²) in [5.41, 5.74) is 3.45. The monoisotopic (exact) mass is 300 g/mol. The number of halogens is 1. The molecule has 2 rings (SSSR count). The van der Waals surface area contributed by atoms with Gasteiger partial charge in [-0.05, 0) is 38.0 Å². The minimum atomic E-state index is -0.266. The summed E-state index contributed by atoms with van der Waals surface area (Å²) < 4.78 is 13.7. The van der Waals surface area contributed by atoms with E-state index in [0.717, 1.165) is 16.8 Å². The Balaban J connectivity index is 1.95. The molecule has 0 fully saturated rings. The van der Waals surface area contributed by atoms with Crippen LogP contribution in [0.2, 0.25) is 0 Å². The van der Waals surface area contributed by atoms with Crippen molar-refractivity contribution in [1.29, 1.82) is 0 Å². The lowest BCUT2D eigenvalue weighted by Crippen LogP contribution is -2.30. The Morgan fingerprint density at radius 2 is 1.73 bits per heavy atom. The van der Waals surface area contributed by atoms with Crippen LogP contribution in [0.4, 0.5) is 10.1 Å². The highest BCUT2D eigenvalue weighted by atomic mass is 19.1. The number of anilines is 1. The van der Waals surface area contributed by atoms with E-state index in [0.29, 0.717) is 5.56 Å². The molecule has 0 bridgehead atoms. The van der Waals surface area contributed by atoms with Gasteiger partial charge in [0.25, 0.3) is 0 Å². The number of benzene rings is 2. The second kappa shape index (κ2) is 7.18. The number of nitrogens with one attached hydrogen (secondary N) is 2. The van der Waals surface area contributed by atoms with E-state index in [1.807, 2.05) is 39.0 Å². The molecule has 2 N–H and O–H groups in total. The van der Waals surface area contributed by atoms with Crippen LogP contribution in [0.1, 0.15) is 29.7 Å². The van der Waals surface area contributed by atoms with Gasteiger partial charge in [-0.1, -0.05) is 36.4 Å². The highest BCUT2D eigenvalue weighted by molar-refractivity contribution is 5.93. The van der Waals surface area contributed by atoms with E-state index in [9.17, 15) is 9.18 Å². The second-order valence-corrected chi connectivity index (χ2v) is 5.44. The predicted octanol–water partition coefficient (Wildman–Crippen LogP) is 3.73. The average molecular weight is 300 g/mol. The third-order valence-electron chi connectivity index (χ3n) is 3.69. The van der Waals surface area contributed by atoms with Gasteiger partial charge in [0.1, 0.15) is 5.82 Å². The Morgan fingerprint density at radius 3 is 2.36 bits per heavy atom. The molecule has 0 spiro atoms. The van der Waals surface area contributed by atoms with Gasteiger partial charge in [-0.25, -0.2) is 4.39 Å². The maximum Gasteiger partial charge on any atom is 0.238 e. The quantitative estimate of drug-likeness (QED) is 0.883. The van der Waals surface area contributed by atoms with Crippen LogP contribution in [0.15, 0.2) is 42.5 Å². The highest BCUT2D eigenvalue weighted by Gasteiger charge is 2.12. The molecule has 0 aliphatic rings. The van der Waals surface area contributed by atoms with Gasteiger partial charge in [0.05, 0.1) is 6.54 Å². The molecule has 22 heavy (non-hydrogen) atoms. The van der Waals surface area contributed by atoms with Crippen molar-refractivity contribution in [2.45, 2.75) is 26.8 Å². The van der Waals surface area contributed by atoms with Gasteiger partial charge in [-0.15, -0.1) is 0 Å². The molecule has 0 aliphatic carbocycles. The third kappa shape index (κ3) is 3.92. The van der Waals surface area contributed by atoms with Crippen molar-refractivity contribution in [3.8, 4) is 0 Å². The fourth-order valence-corrected chi connectivity index (χ4v) is 2.38. The molecule has 0 aliphatic heterocycles. The normalized spacial score (nSPS) is 12.0. The molecule has 2 aromatic rings. The summed E-state index contributed by atoms with van der Waals surface area (Å²) in [6.07, 6.45) is 0. The molecule has 0 aromatic heterocycles. The van der Waals surface area contributed by atoms with Crippen molar-refractivity contribution in [3.63, 3.8) is 0 Å². The molecule has 2 aromatic carbocycles. The molecule has 116 valence electrons. The van der Waals surface area contributed by atoms with Crippen LogP contribution < -0.4 is 10.6 Å². The number of amides is 1. The highest BCUT2D eigenvalue weighted by Crippen LogP contribution is 2.19. The number of rotatable bonds is 5. The molecular formula is C18H21FN2O. The minimum Gasteiger partial charge on any atom is -0.324 e.